The van der Waals surface area contributed by atoms with Gasteiger partial charge in [0.2, 0.25) is 5.91 Å². The molecule has 0 saturated carbocycles. The average molecular weight is 291 g/mol. The Labute approximate surface area is 122 Å². The molecule has 1 aromatic rings. The van der Waals surface area contributed by atoms with Gasteiger partial charge in [-0.15, -0.1) is 11.8 Å². The maximum Gasteiger partial charge on any atom is 0.338 e. The summed E-state index contributed by atoms with van der Waals surface area (Å²) in [5.41, 5.74) is 1.51. The molecule has 0 aromatic heterocycles. The van der Waals surface area contributed by atoms with Gasteiger partial charge in [-0.25, -0.2) is 4.79 Å². The zero-order chi connectivity index (χ0) is 14.5. The molecule has 1 aromatic carbocycles. The van der Waals surface area contributed by atoms with Gasteiger partial charge in [0.25, 0.3) is 0 Å². The van der Waals surface area contributed by atoms with E-state index in [-0.39, 0.29) is 18.0 Å². The first kappa shape index (κ1) is 14.7. The van der Waals surface area contributed by atoms with Crippen LogP contribution in [0.5, 0.6) is 0 Å². The molecule has 2 rings (SSSR count). The highest BCUT2D eigenvalue weighted by molar-refractivity contribution is 8.02. The highest BCUT2D eigenvalue weighted by Gasteiger charge is 2.15. The fourth-order valence-corrected chi connectivity index (χ4v) is 2.41. The number of amides is 1. The largest absolute Gasteiger partial charge is 0.459 e. The number of carbonyl (C=O) groups excluding carboxylic acids is 2. The number of benzene rings is 1. The van der Waals surface area contributed by atoms with Crippen LogP contribution in [0.3, 0.4) is 0 Å². The summed E-state index contributed by atoms with van der Waals surface area (Å²) in [5.74, 6) is 0.257. The summed E-state index contributed by atoms with van der Waals surface area (Å²) >= 11 is 1.50. The third-order valence-corrected chi connectivity index (χ3v) is 3.48. The lowest BCUT2D eigenvalue weighted by Crippen LogP contribution is -2.28. The lowest BCUT2D eigenvalue weighted by atomic mass is 10.1. The molecule has 0 saturated heterocycles. The molecule has 0 aliphatic carbocycles. The molecule has 106 valence electrons. The van der Waals surface area contributed by atoms with Crippen LogP contribution in [0.2, 0.25) is 0 Å². The van der Waals surface area contributed by atoms with Gasteiger partial charge in [0.05, 0.1) is 24.0 Å². The molecule has 1 heterocycles. The molecule has 4 nitrogen and oxygen atoms in total. The summed E-state index contributed by atoms with van der Waals surface area (Å²) in [4.78, 5) is 25.1. The van der Waals surface area contributed by atoms with Crippen molar-refractivity contribution in [2.75, 3.05) is 5.75 Å². The van der Waals surface area contributed by atoms with Gasteiger partial charge < -0.3 is 9.64 Å². The predicted octanol–water partition coefficient (Wildman–Crippen LogP) is 2.80. The maximum absolute atomic E-state index is 11.7. The van der Waals surface area contributed by atoms with Gasteiger partial charge in [-0.3, -0.25) is 4.79 Å². The molecule has 0 spiro atoms. The van der Waals surface area contributed by atoms with Crippen molar-refractivity contribution in [1.82, 2.24) is 4.90 Å². The highest BCUT2D eigenvalue weighted by atomic mass is 32.2. The van der Waals surface area contributed by atoms with E-state index in [0.29, 0.717) is 17.9 Å². The smallest absolute Gasteiger partial charge is 0.338 e. The zero-order valence-electron chi connectivity index (χ0n) is 11.5. The maximum atomic E-state index is 11.7. The number of hydrogen-bond acceptors (Lipinski definition) is 4. The van der Waals surface area contributed by atoms with E-state index in [1.54, 1.807) is 23.2 Å². The van der Waals surface area contributed by atoms with Crippen LogP contribution in [-0.2, 0) is 16.1 Å². The quantitative estimate of drug-likeness (QED) is 0.800. The van der Waals surface area contributed by atoms with Crippen molar-refractivity contribution < 1.29 is 14.3 Å². The number of rotatable bonds is 4. The topological polar surface area (TPSA) is 46.6 Å². The van der Waals surface area contributed by atoms with Gasteiger partial charge in [-0.1, -0.05) is 12.1 Å². The highest BCUT2D eigenvalue weighted by Crippen LogP contribution is 2.16. The Kier molecular flexibility index (Phi) is 4.84. The SMILES string of the molecule is CC(C)OC(=O)c1ccc(CN2C=CSCC2=O)cc1. The Balaban J connectivity index is 2.01. The van der Waals surface area contributed by atoms with E-state index in [4.69, 9.17) is 4.74 Å². The summed E-state index contributed by atoms with van der Waals surface area (Å²) in [6.07, 6.45) is 1.66. The number of thioether (sulfide) groups is 1. The fourth-order valence-electron chi connectivity index (χ4n) is 1.77. The Hall–Kier alpha value is -1.75. The van der Waals surface area contributed by atoms with Crippen molar-refractivity contribution in [2.45, 2.75) is 26.5 Å². The summed E-state index contributed by atoms with van der Waals surface area (Å²) in [6, 6.07) is 7.15. The van der Waals surface area contributed by atoms with Crippen LogP contribution in [0.25, 0.3) is 0 Å². The second kappa shape index (κ2) is 6.61. The molecule has 5 heteroatoms. The normalized spacial score (nSPS) is 14.8. The van der Waals surface area contributed by atoms with Crippen LogP contribution in [0.4, 0.5) is 0 Å². The summed E-state index contributed by atoms with van der Waals surface area (Å²) < 4.78 is 5.13. The van der Waals surface area contributed by atoms with E-state index < -0.39 is 0 Å². The minimum Gasteiger partial charge on any atom is -0.459 e. The number of esters is 1. The van der Waals surface area contributed by atoms with Gasteiger partial charge in [0, 0.05) is 6.20 Å². The molecule has 0 fully saturated rings. The minimum absolute atomic E-state index is 0.0980. The third kappa shape index (κ3) is 3.87. The van der Waals surface area contributed by atoms with Crippen molar-refractivity contribution in [1.29, 1.82) is 0 Å². The number of ether oxygens (including phenoxy) is 1. The molecule has 1 aliphatic heterocycles. The van der Waals surface area contributed by atoms with Crippen molar-refractivity contribution >= 4 is 23.6 Å². The Morgan fingerprint density at radius 3 is 2.65 bits per heavy atom. The van der Waals surface area contributed by atoms with Crippen molar-refractivity contribution in [3.05, 3.63) is 47.0 Å². The van der Waals surface area contributed by atoms with Gasteiger partial charge >= 0.3 is 5.97 Å². The van der Waals surface area contributed by atoms with Crippen LogP contribution >= 0.6 is 11.8 Å². The molecule has 0 bridgehead atoms. The first-order valence-corrected chi connectivity index (χ1v) is 7.49. The van der Waals surface area contributed by atoms with E-state index in [1.807, 2.05) is 31.4 Å². The van der Waals surface area contributed by atoms with Gasteiger partial charge in [0.1, 0.15) is 0 Å². The number of carbonyl (C=O) groups is 2. The number of nitrogens with zero attached hydrogens (tertiary/aromatic N) is 1. The molecule has 1 aliphatic rings. The van der Waals surface area contributed by atoms with Gasteiger partial charge in [-0.05, 0) is 37.0 Å². The molecule has 0 atom stereocenters. The van der Waals surface area contributed by atoms with Crippen molar-refractivity contribution in [3.63, 3.8) is 0 Å². The average Bonchev–Trinajstić information content (AvgIpc) is 2.41. The first-order chi connectivity index (χ1) is 9.56. The van der Waals surface area contributed by atoms with E-state index in [1.165, 1.54) is 11.8 Å². The molecular formula is C15H17NO3S. The van der Waals surface area contributed by atoms with Gasteiger partial charge in [-0.2, -0.15) is 0 Å². The zero-order valence-corrected chi connectivity index (χ0v) is 12.4. The molecular weight excluding hydrogens is 274 g/mol. The Bertz CT molecular complexity index is 522. The standard InChI is InChI=1S/C15H17NO3S/c1-11(2)19-15(18)13-5-3-12(4-6-13)9-16-7-8-20-10-14(16)17/h3-8,11H,9-10H2,1-2H3. The van der Waals surface area contributed by atoms with Crippen molar-refractivity contribution in [3.8, 4) is 0 Å². The van der Waals surface area contributed by atoms with Crippen LogP contribution in [0.15, 0.2) is 35.9 Å². The molecule has 20 heavy (non-hydrogen) atoms. The summed E-state index contributed by atoms with van der Waals surface area (Å²) in [6.45, 7) is 4.16. The summed E-state index contributed by atoms with van der Waals surface area (Å²) in [5, 5.41) is 1.91. The van der Waals surface area contributed by atoms with E-state index in [2.05, 4.69) is 0 Å². The second-order valence-corrected chi connectivity index (χ2v) is 5.66. The second-order valence-electron chi connectivity index (χ2n) is 4.77. The molecule has 0 N–H and O–H groups in total. The Morgan fingerprint density at radius 2 is 2.05 bits per heavy atom. The molecule has 0 unspecified atom stereocenters. The predicted molar refractivity (Wildman–Crippen MR) is 79.1 cm³/mol. The Morgan fingerprint density at radius 1 is 1.35 bits per heavy atom. The third-order valence-electron chi connectivity index (χ3n) is 2.75. The van der Waals surface area contributed by atoms with Gasteiger partial charge in [0.15, 0.2) is 0 Å². The fraction of sp³-hybridized carbons (Fsp3) is 0.333. The summed E-state index contributed by atoms with van der Waals surface area (Å²) in [7, 11) is 0. The van der Waals surface area contributed by atoms with Crippen LogP contribution < -0.4 is 0 Å². The van der Waals surface area contributed by atoms with E-state index >= 15 is 0 Å². The monoisotopic (exact) mass is 291 g/mol. The van der Waals surface area contributed by atoms with E-state index in [9.17, 15) is 9.59 Å². The van der Waals surface area contributed by atoms with Crippen LogP contribution in [0.1, 0.15) is 29.8 Å². The molecule has 1 amide bonds. The molecule has 0 radical (unpaired) electrons. The van der Waals surface area contributed by atoms with Crippen LogP contribution in [-0.4, -0.2) is 28.6 Å². The van der Waals surface area contributed by atoms with Crippen LogP contribution in [0, 0.1) is 0 Å². The lowest BCUT2D eigenvalue weighted by molar-refractivity contribution is -0.126. The van der Waals surface area contributed by atoms with Crippen molar-refractivity contribution in [2.24, 2.45) is 0 Å². The minimum atomic E-state index is -0.322. The number of hydrogen-bond donors (Lipinski definition) is 0. The lowest BCUT2D eigenvalue weighted by Gasteiger charge is -2.21. The first-order valence-electron chi connectivity index (χ1n) is 6.44. The van der Waals surface area contributed by atoms with E-state index in [0.717, 1.165) is 5.56 Å².